The van der Waals surface area contributed by atoms with Gasteiger partial charge in [0.1, 0.15) is 0 Å². The fourth-order valence-corrected chi connectivity index (χ4v) is 13.5. The summed E-state index contributed by atoms with van der Waals surface area (Å²) in [7, 11) is 0. The van der Waals surface area contributed by atoms with Gasteiger partial charge in [0.25, 0.3) is 6.71 Å². The number of anilines is 8. The van der Waals surface area contributed by atoms with Crippen molar-refractivity contribution in [3.05, 3.63) is 248 Å². The highest BCUT2D eigenvalue weighted by molar-refractivity contribution is 7.00. The van der Waals surface area contributed by atoms with Crippen molar-refractivity contribution < 1.29 is 0 Å². The fourth-order valence-electron chi connectivity index (χ4n) is 13.5. The molecule has 350 valence electrons. The molecule has 10 aromatic carbocycles. The summed E-state index contributed by atoms with van der Waals surface area (Å²) in [5, 5.41) is 0. The molecule has 3 aliphatic heterocycles. The third kappa shape index (κ3) is 6.87. The molecule has 1 fully saturated rings. The van der Waals surface area contributed by atoms with Crippen molar-refractivity contribution in [3.8, 4) is 44.5 Å². The zero-order valence-electron chi connectivity index (χ0n) is 41.5. The van der Waals surface area contributed by atoms with Gasteiger partial charge in [0, 0.05) is 50.9 Å². The van der Waals surface area contributed by atoms with Crippen LogP contribution in [0.25, 0.3) is 44.5 Å². The molecule has 0 aromatic heterocycles. The van der Waals surface area contributed by atoms with E-state index in [-0.39, 0.29) is 17.7 Å². The molecular weight excluding hydrogens is 882 g/mol. The molecule has 3 heterocycles. The van der Waals surface area contributed by atoms with Crippen molar-refractivity contribution in [2.45, 2.75) is 56.9 Å². The third-order valence-electron chi connectivity index (χ3n) is 17.2. The minimum Gasteiger partial charge on any atom is -0.334 e. The number of para-hydroxylation sites is 1. The van der Waals surface area contributed by atoms with Crippen LogP contribution in [0.4, 0.5) is 45.5 Å². The van der Waals surface area contributed by atoms with Crippen LogP contribution in [0.5, 0.6) is 0 Å². The number of fused-ring (bicyclic) bond motifs is 7. The summed E-state index contributed by atoms with van der Waals surface area (Å²) >= 11 is 0. The van der Waals surface area contributed by atoms with E-state index < -0.39 is 0 Å². The van der Waals surface area contributed by atoms with Gasteiger partial charge in [-0.05, 0) is 141 Å². The van der Waals surface area contributed by atoms with Gasteiger partial charge in [0.05, 0.1) is 5.54 Å². The maximum Gasteiger partial charge on any atom is 0.252 e. The van der Waals surface area contributed by atoms with E-state index in [1.807, 2.05) is 0 Å². The van der Waals surface area contributed by atoms with E-state index in [0.717, 1.165) is 17.8 Å². The molecule has 4 heteroatoms. The van der Waals surface area contributed by atoms with Crippen LogP contribution in [0.2, 0.25) is 0 Å². The summed E-state index contributed by atoms with van der Waals surface area (Å²) < 4.78 is 0. The summed E-state index contributed by atoms with van der Waals surface area (Å²) in [5.74, 6) is 0. The summed E-state index contributed by atoms with van der Waals surface area (Å²) in [6.07, 6.45) is 6.00. The molecule has 1 aliphatic carbocycles. The Labute approximate surface area is 430 Å². The van der Waals surface area contributed by atoms with Crippen molar-refractivity contribution in [1.82, 2.24) is 0 Å². The van der Waals surface area contributed by atoms with E-state index in [2.05, 4.69) is 271 Å². The molecule has 4 aliphatic rings. The largest absolute Gasteiger partial charge is 0.334 e. The van der Waals surface area contributed by atoms with E-state index in [1.165, 1.54) is 126 Å². The predicted molar refractivity (Wildman–Crippen MR) is 310 cm³/mol. The normalized spacial score (nSPS) is 18.3. The van der Waals surface area contributed by atoms with Gasteiger partial charge < -0.3 is 14.7 Å². The van der Waals surface area contributed by atoms with Crippen LogP contribution in [0.1, 0.15) is 51.5 Å². The maximum absolute atomic E-state index is 2.79. The lowest BCUT2D eigenvalue weighted by Crippen LogP contribution is -2.61. The lowest BCUT2D eigenvalue weighted by Gasteiger charge is -2.48. The van der Waals surface area contributed by atoms with Gasteiger partial charge in [-0.1, -0.05) is 214 Å². The zero-order chi connectivity index (χ0) is 48.7. The number of nitrogens with zero attached hydrogens (tertiary/aromatic N) is 3. The minimum absolute atomic E-state index is 0.0238. The highest BCUT2D eigenvalue weighted by Crippen LogP contribution is 2.61. The van der Waals surface area contributed by atoms with Crippen molar-refractivity contribution in [3.63, 3.8) is 0 Å². The monoisotopic (exact) mass is 937 g/mol. The van der Waals surface area contributed by atoms with Crippen LogP contribution >= 0.6 is 0 Å². The summed E-state index contributed by atoms with van der Waals surface area (Å²) in [6.45, 7) is 5.09. The number of hydrogen-bond acceptors (Lipinski definition) is 3. The summed E-state index contributed by atoms with van der Waals surface area (Å²) in [6, 6.07) is 91.0. The van der Waals surface area contributed by atoms with Gasteiger partial charge in [-0.15, -0.1) is 0 Å². The maximum atomic E-state index is 2.79. The first-order valence-corrected chi connectivity index (χ1v) is 26.3. The Balaban J connectivity index is 1.09. The van der Waals surface area contributed by atoms with E-state index in [9.17, 15) is 0 Å². The van der Waals surface area contributed by atoms with Gasteiger partial charge in [-0.2, -0.15) is 0 Å². The predicted octanol–water partition coefficient (Wildman–Crippen LogP) is 16.6. The van der Waals surface area contributed by atoms with E-state index >= 15 is 0 Å². The zero-order valence-corrected chi connectivity index (χ0v) is 41.5. The first-order valence-electron chi connectivity index (χ1n) is 26.3. The van der Waals surface area contributed by atoms with E-state index in [0.29, 0.717) is 0 Å². The first kappa shape index (κ1) is 43.5. The topological polar surface area (TPSA) is 9.72 Å². The van der Waals surface area contributed by atoms with Gasteiger partial charge in [-0.25, -0.2) is 0 Å². The molecule has 0 bridgehead atoms. The molecule has 0 radical (unpaired) electrons. The van der Waals surface area contributed by atoms with Crippen LogP contribution < -0.4 is 31.1 Å². The number of benzene rings is 10. The molecule has 1 saturated carbocycles. The molecule has 0 spiro atoms. The smallest absolute Gasteiger partial charge is 0.252 e. The minimum atomic E-state index is -0.155. The van der Waals surface area contributed by atoms with Crippen LogP contribution in [0.3, 0.4) is 0 Å². The summed E-state index contributed by atoms with van der Waals surface area (Å²) in [5.41, 5.74) is 24.6. The lowest BCUT2D eigenvalue weighted by atomic mass is 9.33. The van der Waals surface area contributed by atoms with Crippen molar-refractivity contribution in [2.24, 2.45) is 0 Å². The Hall–Kier alpha value is -8.34. The van der Waals surface area contributed by atoms with Gasteiger partial charge in [0.15, 0.2) is 0 Å². The Kier molecular flexibility index (Phi) is 10.2. The van der Waals surface area contributed by atoms with Crippen LogP contribution in [0, 0.1) is 0 Å². The molecule has 2 atom stereocenters. The molecule has 2 unspecified atom stereocenters. The molecule has 0 amide bonds. The second-order valence-corrected chi connectivity index (χ2v) is 21.1. The highest BCUT2D eigenvalue weighted by atomic mass is 15.3. The Morgan fingerprint density at radius 3 is 1.49 bits per heavy atom. The average molecular weight is 938 g/mol. The first-order chi connectivity index (χ1) is 35.9. The molecule has 10 aromatic rings. The van der Waals surface area contributed by atoms with Gasteiger partial charge in [-0.3, -0.25) is 0 Å². The second-order valence-electron chi connectivity index (χ2n) is 21.1. The molecule has 3 nitrogen and oxygen atoms in total. The van der Waals surface area contributed by atoms with Crippen molar-refractivity contribution in [1.29, 1.82) is 0 Å². The Bertz CT molecular complexity index is 3710. The standard InChI is InChI=1S/C69H56BN3/c1-68-41-18-7-19-42-69(68,2)73(62-32-17-16-31-59(62)68)58-46-65-67-66(47-58)72(57-30-20-29-53(43-57)49-23-10-4-11-24-49)64-45-55(51-27-14-6-15-28-51)35-39-60(64)70(67)61-44-54(50-25-12-5-13-26-50)36-40-63(61)71(65)56-37-33-52(34-38-56)48-21-8-3-9-22-48/h3-6,8-17,20-40,43-47H,7,18-19,41-42H2,1-2H3. The van der Waals surface area contributed by atoms with Crippen molar-refractivity contribution >= 4 is 68.6 Å². The molecule has 0 saturated heterocycles. The molecule has 73 heavy (non-hydrogen) atoms. The SMILES string of the molecule is CC12CCCCCC1(C)N(c1cc3c4c(c1)N(c1cccc(-c5ccccc5)c1)c1cc(-c5ccccc5)ccc1B4c1cc(-c4ccccc4)ccc1N3c1ccc(-c3ccccc3)cc1)c1ccccc12. The van der Waals surface area contributed by atoms with E-state index in [4.69, 9.17) is 0 Å². The molecular formula is C69H56BN3. The van der Waals surface area contributed by atoms with Crippen LogP contribution in [-0.4, -0.2) is 12.3 Å². The quantitative estimate of drug-likeness (QED) is 0.147. The summed E-state index contributed by atoms with van der Waals surface area (Å²) in [4.78, 5) is 8.00. The Morgan fingerprint density at radius 1 is 0.329 bits per heavy atom. The lowest BCUT2D eigenvalue weighted by molar-refractivity contribution is 0.261. The Morgan fingerprint density at radius 2 is 0.836 bits per heavy atom. The highest BCUT2D eigenvalue weighted by Gasteiger charge is 2.57. The number of rotatable bonds is 7. The number of hydrogen-bond donors (Lipinski definition) is 0. The third-order valence-corrected chi connectivity index (χ3v) is 17.2. The van der Waals surface area contributed by atoms with Crippen molar-refractivity contribution in [2.75, 3.05) is 14.7 Å². The van der Waals surface area contributed by atoms with E-state index in [1.54, 1.807) is 0 Å². The second kappa shape index (κ2) is 17.2. The average Bonchev–Trinajstić information content (AvgIpc) is 3.52. The fraction of sp³-hybridized carbons (Fsp3) is 0.130. The van der Waals surface area contributed by atoms with Crippen LogP contribution in [0.15, 0.2) is 243 Å². The molecule has 14 rings (SSSR count). The van der Waals surface area contributed by atoms with Crippen LogP contribution in [-0.2, 0) is 5.41 Å². The van der Waals surface area contributed by atoms with Gasteiger partial charge >= 0.3 is 0 Å². The molecule has 0 N–H and O–H groups in total. The van der Waals surface area contributed by atoms with Gasteiger partial charge in [0.2, 0.25) is 0 Å².